The van der Waals surface area contributed by atoms with E-state index in [0.717, 1.165) is 27.7 Å². The number of benzene rings is 3. The lowest BCUT2D eigenvalue weighted by molar-refractivity contribution is -0.112. The maximum Gasteiger partial charge on any atom is 0.266 e. The van der Waals surface area contributed by atoms with E-state index in [0.29, 0.717) is 10.7 Å². The van der Waals surface area contributed by atoms with Gasteiger partial charge in [0.25, 0.3) is 5.91 Å². The summed E-state index contributed by atoms with van der Waals surface area (Å²) < 4.78 is 1.95. The number of aryl methyl sites for hydroxylation is 1. The van der Waals surface area contributed by atoms with Crippen LogP contribution in [0.4, 0.5) is 5.69 Å². The van der Waals surface area contributed by atoms with Crippen LogP contribution in [0.5, 0.6) is 0 Å². The zero-order valence-electron chi connectivity index (χ0n) is 16.3. The summed E-state index contributed by atoms with van der Waals surface area (Å²) >= 11 is 6.02. The lowest BCUT2D eigenvalue weighted by Gasteiger charge is -2.10. The summed E-state index contributed by atoms with van der Waals surface area (Å²) in [5, 5.41) is 15.1. The monoisotopic (exact) mass is 411 g/mol. The molecule has 5 heteroatoms. The van der Waals surface area contributed by atoms with Gasteiger partial charge in [0.05, 0.1) is 0 Å². The third kappa shape index (κ3) is 3.98. The van der Waals surface area contributed by atoms with Gasteiger partial charge in [0, 0.05) is 28.3 Å². The van der Waals surface area contributed by atoms with Gasteiger partial charge in [0.15, 0.2) is 0 Å². The average molecular weight is 412 g/mol. The van der Waals surface area contributed by atoms with Crippen molar-refractivity contribution >= 4 is 40.0 Å². The molecule has 0 radical (unpaired) electrons. The smallest absolute Gasteiger partial charge is 0.266 e. The van der Waals surface area contributed by atoms with Gasteiger partial charge in [-0.1, -0.05) is 48.0 Å². The van der Waals surface area contributed by atoms with E-state index >= 15 is 0 Å². The molecule has 1 heterocycles. The Labute approximate surface area is 179 Å². The maximum atomic E-state index is 12.7. The van der Waals surface area contributed by atoms with Crippen LogP contribution in [0.25, 0.3) is 22.5 Å². The van der Waals surface area contributed by atoms with Crippen molar-refractivity contribution in [1.29, 1.82) is 5.26 Å². The summed E-state index contributed by atoms with van der Waals surface area (Å²) in [6, 6.07) is 25.3. The Kier molecular flexibility index (Phi) is 5.38. The summed E-state index contributed by atoms with van der Waals surface area (Å²) in [6.45, 7) is 1.87. The van der Waals surface area contributed by atoms with Crippen LogP contribution in [0, 0.1) is 18.3 Å². The molecule has 0 unspecified atom stereocenters. The number of amides is 1. The fraction of sp³-hybridized carbons (Fsp3) is 0.0400. The number of nitrogens with zero attached hydrogens (tertiary/aromatic N) is 2. The number of hydrogen-bond acceptors (Lipinski definition) is 2. The Hall–Kier alpha value is -3.81. The molecule has 0 aliphatic carbocycles. The molecule has 30 heavy (non-hydrogen) atoms. The Morgan fingerprint density at radius 3 is 2.63 bits per heavy atom. The lowest BCUT2D eigenvalue weighted by atomic mass is 10.1. The highest BCUT2D eigenvalue weighted by atomic mass is 35.5. The zero-order chi connectivity index (χ0) is 21.1. The number of aromatic nitrogens is 1. The number of carbonyl (C=O) groups is 1. The van der Waals surface area contributed by atoms with E-state index in [1.165, 1.54) is 0 Å². The largest absolute Gasteiger partial charge is 0.321 e. The van der Waals surface area contributed by atoms with Crippen LogP contribution >= 0.6 is 11.6 Å². The van der Waals surface area contributed by atoms with Crippen molar-refractivity contribution in [3.05, 3.63) is 101 Å². The van der Waals surface area contributed by atoms with Gasteiger partial charge < -0.3 is 9.88 Å². The van der Waals surface area contributed by atoms with E-state index < -0.39 is 5.91 Å². The normalized spacial score (nSPS) is 11.3. The molecule has 3 aromatic carbocycles. The molecule has 1 aromatic heterocycles. The molecule has 4 nitrogen and oxygen atoms in total. The van der Waals surface area contributed by atoms with Crippen LogP contribution in [-0.4, -0.2) is 10.5 Å². The van der Waals surface area contributed by atoms with Crippen molar-refractivity contribution in [3.63, 3.8) is 0 Å². The molecule has 4 rings (SSSR count). The molecule has 0 spiro atoms. The van der Waals surface area contributed by atoms with Gasteiger partial charge >= 0.3 is 0 Å². The maximum absolute atomic E-state index is 12.7. The fourth-order valence-electron chi connectivity index (χ4n) is 3.29. The van der Waals surface area contributed by atoms with Crippen molar-refractivity contribution in [2.24, 2.45) is 0 Å². The minimum Gasteiger partial charge on any atom is -0.321 e. The summed E-state index contributed by atoms with van der Waals surface area (Å²) in [7, 11) is 0. The molecule has 0 aliphatic heterocycles. The first-order valence-corrected chi connectivity index (χ1v) is 9.79. The predicted molar refractivity (Wildman–Crippen MR) is 122 cm³/mol. The number of rotatable bonds is 4. The van der Waals surface area contributed by atoms with Gasteiger partial charge in [-0.2, -0.15) is 5.26 Å². The molecule has 0 aliphatic rings. The average Bonchev–Trinajstić information content (AvgIpc) is 3.22. The predicted octanol–water partition coefficient (Wildman–Crippen LogP) is 6.14. The molecule has 1 amide bonds. The second kappa shape index (κ2) is 8.28. The van der Waals surface area contributed by atoms with Crippen molar-refractivity contribution in [2.75, 3.05) is 5.32 Å². The molecule has 146 valence electrons. The number of hydrogen-bond donors (Lipinski definition) is 1. The minimum atomic E-state index is -0.478. The Morgan fingerprint density at radius 2 is 1.83 bits per heavy atom. The van der Waals surface area contributed by atoms with Crippen LogP contribution in [-0.2, 0) is 4.79 Å². The quantitative estimate of drug-likeness (QED) is 0.324. The molecule has 0 saturated carbocycles. The van der Waals surface area contributed by atoms with Crippen molar-refractivity contribution in [2.45, 2.75) is 6.92 Å². The van der Waals surface area contributed by atoms with Crippen molar-refractivity contribution in [3.8, 4) is 11.8 Å². The van der Waals surface area contributed by atoms with E-state index in [1.807, 2.05) is 60.2 Å². The highest BCUT2D eigenvalue weighted by Crippen LogP contribution is 2.23. The van der Waals surface area contributed by atoms with Gasteiger partial charge in [-0.25, -0.2) is 0 Å². The second-order valence-electron chi connectivity index (χ2n) is 6.92. The zero-order valence-corrected chi connectivity index (χ0v) is 17.0. The fourth-order valence-corrected chi connectivity index (χ4v) is 3.46. The van der Waals surface area contributed by atoms with Crippen LogP contribution in [0.15, 0.2) is 84.6 Å². The van der Waals surface area contributed by atoms with E-state index in [-0.39, 0.29) is 5.57 Å². The molecule has 0 bridgehead atoms. The lowest BCUT2D eigenvalue weighted by Crippen LogP contribution is -2.14. The third-order valence-corrected chi connectivity index (χ3v) is 5.13. The summed E-state index contributed by atoms with van der Waals surface area (Å²) in [5.74, 6) is -0.478. The summed E-state index contributed by atoms with van der Waals surface area (Å²) in [6.07, 6.45) is 3.49. The number of nitrogens with one attached hydrogen (secondary N) is 1. The summed E-state index contributed by atoms with van der Waals surface area (Å²) in [4.78, 5) is 12.7. The molecular formula is C25H18ClN3O. The minimum absolute atomic E-state index is 0.00937. The summed E-state index contributed by atoms with van der Waals surface area (Å²) in [5.41, 5.74) is 3.14. The number of fused-ring (bicyclic) bond motifs is 1. The van der Waals surface area contributed by atoms with Crippen molar-refractivity contribution in [1.82, 2.24) is 4.57 Å². The van der Waals surface area contributed by atoms with E-state index in [4.69, 9.17) is 11.6 Å². The van der Waals surface area contributed by atoms with E-state index in [1.54, 1.807) is 18.2 Å². The SMILES string of the molecule is Cc1ccc(Cl)cc1NC(=O)/C(C#N)=C\c1cccn1-c1ccc2ccccc2c1. The Morgan fingerprint density at radius 1 is 1.03 bits per heavy atom. The van der Waals surface area contributed by atoms with Gasteiger partial charge in [0.1, 0.15) is 11.6 Å². The Bertz CT molecular complexity index is 1330. The van der Waals surface area contributed by atoms with Gasteiger partial charge in [0.2, 0.25) is 0 Å². The third-order valence-electron chi connectivity index (χ3n) is 4.90. The van der Waals surface area contributed by atoms with Gasteiger partial charge in [-0.05, 0) is 65.7 Å². The van der Waals surface area contributed by atoms with Crippen LogP contribution < -0.4 is 5.32 Å². The highest BCUT2D eigenvalue weighted by molar-refractivity contribution is 6.31. The first-order valence-electron chi connectivity index (χ1n) is 9.41. The molecule has 0 atom stereocenters. The number of carbonyl (C=O) groups excluding carboxylic acids is 1. The molecule has 0 fully saturated rings. The van der Waals surface area contributed by atoms with Gasteiger partial charge in [-0.3, -0.25) is 4.79 Å². The topological polar surface area (TPSA) is 57.8 Å². The highest BCUT2D eigenvalue weighted by Gasteiger charge is 2.13. The van der Waals surface area contributed by atoms with Gasteiger partial charge in [-0.15, -0.1) is 0 Å². The molecule has 4 aromatic rings. The van der Waals surface area contributed by atoms with Crippen LogP contribution in [0.2, 0.25) is 5.02 Å². The standard InChI is InChI=1S/C25H18ClN3O/c1-17-8-10-21(26)15-24(17)28-25(30)20(16-27)14-22-7-4-12-29(22)23-11-9-18-5-2-3-6-19(18)13-23/h2-15H,1H3,(H,28,30)/b20-14-. The first kappa shape index (κ1) is 19.5. The molecule has 1 N–H and O–H groups in total. The number of anilines is 1. The first-order chi connectivity index (χ1) is 14.5. The van der Waals surface area contributed by atoms with Crippen molar-refractivity contribution < 1.29 is 4.79 Å². The Balaban J connectivity index is 1.66. The molecule has 0 saturated heterocycles. The van der Waals surface area contributed by atoms with E-state index in [9.17, 15) is 10.1 Å². The van der Waals surface area contributed by atoms with Crippen LogP contribution in [0.1, 0.15) is 11.3 Å². The van der Waals surface area contributed by atoms with E-state index in [2.05, 4.69) is 29.6 Å². The molecular weight excluding hydrogens is 394 g/mol. The van der Waals surface area contributed by atoms with Crippen LogP contribution in [0.3, 0.4) is 0 Å². The second-order valence-corrected chi connectivity index (χ2v) is 7.35. The number of halogens is 1. The number of nitriles is 1.